The van der Waals surface area contributed by atoms with Gasteiger partial charge >= 0.3 is 0 Å². The van der Waals surface area contributed by atoms with Gasteiger partial charge < -0.3 is 11.1 Å². The summed E-state index contributed by atoms with van der Waals surface area (Å²) in [5.74, 6) is -0.135. The second-order valence-electron chi connectivity index (χ2n) is 4.25. The van der Waals surface area contributed by atoms with Crippen LogP contribution in [0.4, 0.5) is 5.69 Å². The predicted molar refractivity (Wildman–Crippen MR) is 75.8 cm³/mol. The molecule has 0 saturated carbocycles. The van der Waals surface area contributed by atoms with Gasteiger partial charge in [0.15, 0.2) is 0 Å². The van der Waals surface area contributed by atoms with Crippen molar-refractivity contribution in [3.8, 4) is 0 Å². The largest absolute Gasteiger partial charge is 0.330 e. The van der Waals surface area contributed by atoms with Crippen LogP contribution in [0.5, 0.6) is 0 Å². The van der Waals surface area contributed by atoms with Crippen molar-refractivity contribution in [1.82, 2.24) is 4.98 Å². The van der Waals surface area contributed by atoms with E-state index in [1.54, 1.807) is 11.3 Å². The number of benzene rings is 1. The molecule has 0 aliphatic rings. The minimum Gasteiger partial charge on any atom is -0.330 e. The first-order valence-electron chi connectivity index (χ1n) is 6.02. The molecule has 18 heavy (non-hydrogen) atoms. The van der Waals surface area contributed by atoms with Crippen LogP contribution in [0.15, 0.2) is 18.2 Å². The Kier molecular flexibility index (Phi) is 3.93. The molecular weight excluding hydrogens is 246 g/mol. The molecule has 2 rings (SSSR count). The van der Waals surface area contributed by atoms with Crippen molar-refractivity contribution in [3.63, 3.8) is 0 Å². The van der Waals surface area contributed by atoms with Crippen LogP contribution >= 0.6 is 11.3 Å². The van der Waals surface area contributed by atoms with Gasteiger partial charge in [-0.2, -0.15) is 0 Å². The van der Waals surface area contributed by atoms with E-state index < -0.39 is 0 Å². The lowest BCUT2D eigenvalue weighted by Crippen LogP contribution is -2.28. The van der Waals surface area contributed by atoms with Gasteiger partial charge in [-0.1, -0.05) is 6.92 Å². The third-order valence-electron chi connectivity index (χ3n) is 2.91. The number of aryl methyl sites for hydroxylation is 1. The van der Waals surface area contributed by atoms with E-state index >= 15 is 0 Å². The molecular formula is C13H17N3OS. The Morgan fingerprint density at radius 3 is 3.00 bits per heavy atom. The molecule has 96 valence electrons. The van der Waals surface area contributed by atoms with Gasteiger partial charge in [-0.05, 0) is 31.5 Å². The first-order chi connectivity index (χ1) is 8.63. The molecule has 1 atom stereocenters. The van der Waals surface area contributed by atoms with Crippen molar-refractivity contribution in [2.75, 3.05) is 11.9 Å². The topological polar surface area (TPSA) is 68.0 Å². The number of fused-ring (bicyclic) bond motifs is 1. The third-order valence-corrected chi connectivity index (χ3v) is 3.84. The number of nitrogens with zero attached hydrogens (tertiary/aromatic N) is 1. The molecule has 1 aromatic carbocycles. The van der Waals surface area contributed by atoms with E-state index in [0.717, 1.165) is 27.3 Å². The van der Waals surface area contributed by atoms with Crippen LogP contribution in [0.1, 0.15) is 18.4 Å². The number of aromatic nitrogens is 1. The van der Waals surface area contributed by atoms with Gasteiger partial charge in [0.1, 0.15) is 0 Å². The minimum absolute atomic E-state index is 0.0133. The number of carbonyl (C=O) groups excluding carboxylic acids is 1. The zero-order valence-electron chi connectivity index (χ0n) is 10.6. The Morgan fingerprint density at radius 2 is 2.33 bits per heavy atom. The molecule has 0 fully saturated rings. The quantitative estimate of drug-likeness (QED) is 0.890. The molecule has 0 radical (unpaired) electrons. The van der Waals surface area contributed by atoms with Crippen LogP contribution in [0, 0.1) is 12.8 Å². The summed E-state index contributed by atoms with van der Waals surface area (Å²) < 4.78 is 1.09. The van der Waals surface area contributed by atoms with Gasteiger partial charge in [0.05, 0.1) is 21.1 Å². The van der Waals surface area contributed by atoms with Crippen molar-refractivity contribution in [2.45, 2.75) is 20.3 Å². The van der Waals surface area contributed by atoms with Crippen LogP contribution in [-0.4, -0.2) is 17.4 Å². The molecule has 0 aliphatic heterocycles. The second kappa shape index (κ2) is 5.46. The fourth-order valence-corrected chi connectivity index (χ4v) is 2.69. The Labute approximate surface area is 110 Å². The first-order valence-corrected chi connectivity index (χ1v) is 6.83. The van der Waals surface area contributed by atoms with Crippen LogP contribution < -0.4 is 11.1 Å². The van der Waals surface area contributed by atoms with E-state index in [4.69, 9.17) is 5.73 Å². The normalized spacial score (nSPS) is 12.6. The van der Waals surface area contributed by atoms with E-state index in [0.29, 0.717) is 6.54 Å². The molecule has 0 bridgehead atoms. The average Bonchev–Trinajstić information content (AvgIpc) is 2.70. The highest BCUT2D eigenvalue weighted by molar-refractivity contribution is 7.18. The standard InChI is InChI=1S/C13H17N3OS/c1-3-9(7-14)13(17)16-10-4-5-11-12(6-10)18-8(2)15-11/h4-6,9H,3,7,14H2,1-2H3,(H,16,17). The van der Waals surface area contributed by atoms with Crippen LogP contribution in [-0.2, 0) is 4.79 Å². The maximum absolute atomic E-state index is 11.9. The lowest BCUT2D eigenvalue weighted by molar-refractivity contribution is -0.119. The van der Waals surface area contributed by atoms with E-state index in [9.17, 15) is 4.79 Å². The summed E-state index contributed by atoms with van der Waals surface area (Å²) in [6.45, 7) is 4.32. The summed E-state index contributed by atoms with van der Waals surface area (Å²) in [6, 6.07) is 5.77. The van der Waals surface area contributed by atoms with Crippen LogP contribution in [0.3, 0.4) is 0 Å². The number of hydrogen-bond donors (Lipinski definition) is 2. The number of nitrogens with two attached hydrogens (primary N) is 1. The number of carbonyl (C=O) groups is 1. The first kappa shape index (κ1) is 13.0. The maximum atomic E-state index is 11.9. The van der Waals surface area contributed by atoms with Crippen molar-refractivity contribution in [1.29, 1.82) is 0 Å². The molecule has 5 heteroatoms. The lowest BCUT2D eigenvalue weighted by Gasteiger charge is -2.12. The zero-order valence-corrected chi connectivity index (χ0v) is 11.4. The van der Waals surface area contributed by atoms with E-state index in [1.165, 1.54) is 0 Å². The summed E-state index contributed by atoms with van der Waals surface area (Å²) in [6.07, 6.45) is 0.754. The summed E-state index contributed by atoms with van der Waals surface area (Å²) in [4.78, 5) is 16.3. The van der Waals surface area contributed by atoms with Crippen molar-refractivity contribution < 1.29 is 4.79 Å². The molecule has 0 spiro atoms. The van der Waals surface area contributed by atoms with E-state index in [1.807, 2.05) is 32.0 Å². The molecule has 2 aromatic rings. The van der Waals surface area contributed by atoms with Crippen molar-refractivity contribution >= 4 is 33.1 Å². The monoisotopic (exact) mass is 263 g/mol. The predicted octanol–water partition coefficient (Wildman–Crippen LogP) is 2.53. The molecule has 1 amide bonds. The number of anilines is 1. The molecule has 0 saturated heterocycles. The molecule has 3 N–H and O–H groups in total. The van der Waals surface area contributed by atoms with Crippen LogP contribution in [0.25, 0.3) is 10.2 Å². The molecule has 1 unspecified atom stereocenters. The maximum Gasteiger partial charge on any atom is 0.228 e. The Bertz CT molecular complexity index is 560. The fraction of sp³-hybridized carbons (Fsp3) is 0.385. The van der Waals surface area contributed by atoms with Crippen LogP contribution in [0.2, 0.25) is 0 Å². The number of hydrogen-bond acceptors (Lipinski definition) is 4. The van der Waals surface area contributed by atoms with Gasteiger partial charge in [-0.15, -0.1) is 11.3 Å². The molecule has 1 heterocycles. The van der Waals surface area contributed by atoms with Gasteiger partial charge in [0, 0.05) is 12.2 Å². The van der Waals surface area contributed by atoms with Gasteiger partial charge in [0.2, 0.25) is 5.91 Å². The van der Waals surface area contributed by atoms with Crippen molar-refractivity contribution in [2.24, 2.45) is 11.7 Å². The Hall–Kier alpha value is -1.46. The molecule has 1 aromatic heterocycles. The van der Waals surface area contributed by atoms with Gasteiger partial charge in [-0.25, -0.2) is 4.98 Å². The Morgan fingerprint density at radius 1 is 1.56 bits per heavy atom. The number of rotatable bonds is 4. The molecule has 4 nitrogen and oxygen atoms in total. The fourth-order valence-electron chi connectivity index (χ4n) is 1.82. The summed E-state index contributed by atoms with van der Waals surface area (Å²) in [7, 11) is 0. The van der Waals surface area contributed by atoms with Crippen molar-refractivity contribution in [3.05, 3.63) is 23.2 Å². The number of nitrogens with one attached hydrogen (secondary N) is 1. The molecule has 0 aliphatic carbocycles. The van der Waals surface area contributed by atoms with Gasteiger partial charge in [-0.3, -0.25) is 4.79 Å². The Balaban J connectivity index is 2.18. The van der Waals surface area contributed by atoms with E-state index in [-0.39, 0.29) is 11.8 Å². The highest BCUT2D eigenvalue weighted by atomic mass is 32.1. The van der Waals surface area contributed by atoms with Gasteiger partial charge in [0.25, 0.3) is 0 Å². The second-order valence-corrected chi connectivity index (χ2v) is 5.48. The average molecular weight is 263 g/mol. The third kappa shape index (κ3) is 2.68. The summed E-state index contributed by atoms with van der Waals surface area (Å²) in [5.41, 5.74) is 7.34. The highest BCUT2D eigenvalue weighted by Crippen LogP contribution is 2.25. The minimum atomic E-state index is -0.121. The number of amides is 1. The summed E-state index contributed by atoms with van der Waals surface area (Å²) >= 11 is 1.63. The van der Waals surface area contributed by atoms with E-state index in [2.05, 4.69) is 10.3 Å². The SMILES string of the molecule is CCC(CN)C(=O)Nc1ccc2nc(C)sc2c1. The highest BCUT2D eigenvalue weighted by Gasteiger charge is 2.14. The lowest BCUT2D eigenvalue weighted by atomic mass is 10.1. The summed E-state index contributed by atoms with van der Waals surface area (Å²) in [5, 5.41) is 3.93. The smallest absolute Gasteiger partial charge is 0.228 e. The number of thiazole rings is 1. The zero-order chi connectivity index (χ0) is 13.1.